The lowest BCUT2D eigenvalue weighted by atomic mass is 9.84. The van der Waals surface area contributed by atoms with Gasteiger partial charge in [-0.1, -0.05) is 50.3 Å². The topological polar surface area (TPSA) is 90.5 Å². The van der Waals surface area contributed by atoms with Crippen LogP contribution in [0, 0.1) is 5.92 Å². The molecule has 0 radical (unpaired) electrons. The fourth-order valence-electron chi connectivity index (χ4n) is 4.25. The molecule has 1 saturated carbocycles. The lowest BCUT2D eigenvalue weighted by molar-refractivity contribution is -0.120. The van der Waals surface area contributed by atoms with Crippen molar-refractivity contribution in [1.29, 1.82) is 0 Å². The number of nitrogens with one attached hydrogen (secondary N) is 3. The second-order valence-electron chi connectivity index (χ2n) is 8.05. The zero-order chi connectivity index (χ0) is 20.9. The van der Waals surface area contributed by atoms with Crippen molar-refractivity contribution in [2.45, 2.75) is 44.6 Å². The molecule has 1 atom stereocenters. The SMILES string of the molecule is O=C(Nc1ccc(Nc2ccccc2)cc1)C1=C(O)C(CC2CCCCC2)NC1=O. The first-order valence-corrected chi connectivity index (χ1v) is 10.6. The first-order valence-electron chi connectivity index (χ1n) is 10.6. The van der Waals surface area contributed by atoms with Crippen LogP contribution in [0.3, 0.4) is 0 Å². The molecule has 0 bridgehead atoms. The maximum absolute atomic E-state index is 12.6. The molecule has 6 heteroatoms. The van der Waals surface area contributed by atoms with E-state index in [-0.39, 0.29) is 11.3 Å². The molecule has 1 fully saturated rings. The smallest absolute Gasteiger partial charge is 0.264 e. The number of aliphatic hydroxyl groups excluding tert-OH is 1. The Hall–Kier alpha value is -3.28. The van der Waals surface area contributed by atoms with Gasteiger partial charge in [-0.05, 0) is 48.7 Å². The molecule has 2 amide bonds. The molecule has 0 saturated heterocycles. The molecule has 4 rings (SSSR count). The Morgan fingerprint density at radius 1 is 0.933 bits per heavy atom. The van der Waals surface area contributed by atoms with Crippen LogP contribution in [-0.4, -0.2) is 23.0 Å². The van der Waals surface area contributed by atoms with Gasteiger partial charge in [0.05, 0.1) is 6.04 Å². The Morgan fingerprint density at radius 3 is 2.27 bits per heavy atom. The minimum Gasteiger partial charge on any atom is -0.509 e. The molecule has 1 aliphatic carbocycles. The maximum atomic E-state index is 12.6. The standard InChI is InChI=1S/C24H27N3O3/c28-22-20(15-16-7-3-1-4-8-16)27-24(30)21(22)23(29)26-19-13-11-18(12-14-19)25-17-9-5-2-6-10-17/h2,5-6,9-14,16,20,25,28H,1,3-4,7-8,15H2,(H,26,29)(H,27,30). The summed E-state index contributed by atoms with van der Waals surface area (Å²) < 4.78 is 0. The van der Waals surface area contributed by atoms with E-state index in [1.54, 1.807) is 12.1 Å². The van der Waals surface area contributed by atoms with E-state index < -0.39 is 17.9 Å². The monoisotopic (exact) mass is 405 g/mol. The van der Waals surface area contributed by atoms with E-state index in [1.807, 2.05) is 42.5 Å². The summed E-state index contributed by atoms with van der Waals surface area (Å²) in [5.41, 5.74) is 2.23. The zero-order valence-corrected chi connectivity index (χ0v) is 16.9. The van der Waals surface area contributed by atoms with E-state index >= 15 is 0 Å². The van der Waals surface area contributed by atoms with Crippen molar-refractivity contribution in [3.63, 3.8) is 0 Å². The highest BCUT2D eigenvalue weighted by molar-refractivity contribution is 6.24. The second-order valence-corrected chi connectivity index (χ2v) is 8.05. The first kappa shape index (κ1) is 20.0. The number of carbonyl (C=O) groups is 2. The lowest BCUT2D eigenvalue weighted by Gasteiger charge is -2.24. The lowest BCUT2D eigenvalue weighted by Crippen LogP contribution is -2.32. The van der Waals surface area contributed by atoms with E-state index in [1.165, 1.54) is 19.3 Å². The van der Waals surface area contributed by atoms with E-state index in [4.69, 9.17) is 0 Å². The number of anilines is 3. The fourth-order valence-corrected chi connectivity index (χ4v) is 4.25. The molecular formula is C24H27N3O3. The Balaban J connectivity index is 1.39. The minimum absolute atomic E-state index is 0.134. The average molecular weight is 405 g/mol. The number of hydrogen-bond donors (Lipinski definition) is 4. The summed E-state index contributed by atoms with van der Waals surface area (Å²) in [6, 6.07) is 16.5. The van der Waals surface area contributed by atoms with Gasteiger partial charge in [-0.25, -0.2) is 0 Å². The number of carbonyl (C=O) groups excluding carboxylic acids is 2. The van der Waals surface area contributed by atoms with Gasteiger partial charge in [-0.15, -0.1) is 0 Å². The van der Waals surface area contributed by atoms with Gasteiger partial charge in [0.25, 0.3) is 11.8 Å². The molecule has 1 aliphatic heterocycles. The molecule has 1 heterocycles. The van der Waals surface area contributed by atoms with Crippen LogP contribution in [0.1, 0.15) is 38.5 Å². The van der Waals surface area contributed by atoms with Crippen LogP contribution in [0.4, 0.5) is 17.1 Å². The molecule has 30 heavy (non-hydrogen) atoms. The largest absolute Gasteiger partial charge is 0.509 e. The van der Waals surface area contributed by atoms with E-state index in [0.29, 0.717) is 18.0 Å². The van der Waals surface area contributed by atoms with Crippen LogP contribution in [0.15, 0.2) is 65.9 Å². The summed E-state index contributed by atoms with van der Waals surface area (Å²) in [6.07, 6.45) is 6.56. The number of aliphatic hydroxyl groups is 1. The molecule has 0 aromatic heterocycles. The van der Waals surface area contributed by atoms with Gasteiger partial charge in [0.1, 0.15) is 11.3 Å². The number of benzene rings is 2. The van der Waals surface area contributed by atoms with Crippen molar-refractivity contribution >= 4 is 28.9 Å². The molecule has 0 spiro atoms. The van der Waals surface area contributed by atoms with E-state index in [2.05, 4.69) is 16.0 Å². The van der Waals surface area contributed by atoms with Crippen molar-refractivity contribution < 1.29 is 14.7 Å². The molecular weight excluding hydrogens is 378 g/mol. The van der Waals surface area contributed by atoms with Crippen LogP contribution in [0.25, 0.3) is 0 Å². The van der Waals surface area contributed by atoms with Crippen molar-refractivity contribution in [2.75, 3.05) is 10.6 Å². The molecule has 2 aliphatic rings. The maximum Gasteiger partial charge on any atom is 0.264 e. The van der Waals surface area contributed by atoms with Crippen LogP contribution < -0.4 is 16.0 Å². The molecule has 6 nitrogen and oxygen atoms in total. The molecule has 4 N–H and O–H groups in total. The normalized spacial score (nSPS) is 19.5. The quantitative estimate of drug-likeness (QED) is 0.527. The third-order valence-corrected chi connectivity index (χ3v) is 5.84. The van der Waals surface area contributed by atoms with Crippen LogP contribution in [0.2, 0.25) is 0 Å². The second kappa shape index (κ2) is 9.03. The minimum atomic E-state index is -0.583. The van der Waals surface area contributed by atoms with Crippen molar-refractivity contribution in [2.24, 2.45) is 5.92 Å². The molecule has 2 aromatic carbocycles. The van der Waals surface area contributed by atoms with Gasteiger partial charge in [-0.3, -0.25) is 9.59 Å². The predicted octanol–water partition coefficient (Wildman–Crippen LogP) is 4.65. The molecule has 156 valence electrons. The third kappa shape index (κ3) is 4.64. The van der Waals surface area contributed by atoms with Gasteiger partial charge in [0.2, 0.25) is 0 Å². The predicted molar refractivity (Wildman–Crippen MR) is 118 cm³/mol. The summed E-state index contributed by atoms with van der Waals surface area (Å²) in [5, 5.41) is 19.3. The van der Waals surface area contributed by atoms with E-state index in [9.17, 15) is 14.7 Å². The van der Waals surface area contributed by atoms with Gasteiger partial charge < -0.3 is 21.1 Å². The summed E-state index contributed by atoms with van der Waals surface area (Å²) in [4.78, 5) is 25.0. The molecule has 1 unspecified atom stereocenters. The highest BCUT2D eigenvalue weighted by atomic mass is 16.3. The number of amides is 2. The van der Waals surface area contributed by atoms with Gasteiger partial charge in [0, 0.05) is 17.1 Å². The molecule has 2 aromatic rings. The first-order chi connectivity index (χ1) is 14.6. The summed E-state index contributed by atoms with van der Waals surface area (Å²) >= 11 is 0. The Kier molecular flexibility index (Phi) is 6.02. The third-order valence-electron chi connectivity index (χ3n) is 5.84. The van der Waals surface area contributed by atoms with Crippen molar-refractivity contribution in [1.82, 2.24) is 5.32 Å². The highest BCUT2D eigenvalue weighted by Crippen LogP contribution is 2.31. The number of para-hydroxylation sites is 1. The van der Waals surface area contributed by atoms with Crippen LogP contribution in [0.5, 0.6) is 0 Å². The van der Waals surface area contributed by atoms with E-state index in [0.717, 1.165) is 24.2 Å². The highest BCUT2D eigenvalue weighted by Gasteiger charge is 2.37. The van der Waals surface area contributed by atoms with Crippen LogP contribution in [-0.2, 0) is 9.59 Å². The number of hydrogen-bond acceptors (Lipinski definition) is 4. The Labute approximate surface area is 176 Å². The summed E-state index contributed by atoms with van der Waals surface area (Å²) in [5.74, 6) is -0.739. The van der Waals surface area contributed by atoms with Gasteiger partial charge >= 0.3 is 0 Å². The van der Waals surface area contributed by atoms with Gasteiger partial charge in [-0.2, -0.15) is 0 Å². The Morgan fingerprint density at radius 2 is 1.57 bits per heavy atom. The summed E-state index contributed by atoms with van der Waals surface area (Å²) in [7, 11) is 0. The van der Waals surface area contributed by atoms with Crippen molar-refractivity contribution in [3.05, 3.63) is 65.9 Å². The van der Waals surface area contributed by atoms with Gasteiger partial charge in [0.15, 0.2) is 0 Å². The summed E-state index contributed by atoms with van der Waals surface area (Å²) in [6.45, 7) is 0. The fraction of sp³-hybridized carbons (Fsp3) is 0.333. The average Bonchev–Trinajstić information content (AvgIpc) is 3.04. The zero-order valence-electron chi connectivity index (χ0n) is 16.9. The van der Waals surface area contributed by atoms with Crippen molar-refractivity contribution in [3.8, 4) is 0 Å². The number of rotatable bonds is 6. The van der Waals surface area contributed by atoms with Crippen LogP contribution >= 0.6 is 0 Å². The Bertz CT molecular complexity index is 932.